The molecule has 0 radical (unpaired) electrons. The first-order valence-electron chi connectivity index (χ1n) is 4.34. The molecule has 0 unspecified atom stereocenters. The Balaban J connectivity index is 2.63. The molecule has 3 N–H and O–H groups in total. The van der Waals surface area contributed by atoms with Crippen molar-refractivity contribution < 1.29 is 24.5 Å². The molecule has 1 fully saturated rings. The second-order valence-corrected chi connectivity index (χ2v) is 3.22. The van der Waals surface area contributed by atoms with E-state index in [0.29, 0.717) is 0 Å². The number of aliphatic hydroxyl groups is 2. The predicted octanol–water partition coefficient (Wildman–Crippen LogP) is -1.78. The maximum atomic E-state index is 10.8. The van der Waals surface area contributed by atoms with Crippen molar-refractivity contribution in [1.82, 2.24) is 5.32 Å². The number of rotatable bonds is 2. The third-order valence-corrected chi connectivity index (χ3v) is 2.09. The average molecular weight is 205 g/mol. The van der Waals surface area contributed by atoms with Gasteiger partial charge < -0.3 is 25.0 Å². The van der Waals surface area contributed by atoms with Gasteiger partial charge in [-0.25, -0.2) is 0 Å². The Morgan fingerprint density at radius 2 is 2.21 bits per heavy atom. The maximum absolute atomic E-state index is 10.8. The van der Waals surface area contributed by atoms with Gasteiger partial charge in [0, 0.05) is 14.0 Å². The Morgan fingerprint density at radius 3 is 2.71 bits per heavy atom. The van der Waals surface area contributed by atoms with Gasteiger partial charge in [0.25, 0.3) is 0 Å². The average Bonchev–Trinajstić information content (AvgIpc) is 2.12. The first-order valence-corrected chi connectivity index (χ1v) is 4.34. The standard InChI is InChI=1S/C8H15NO5/c1-4(10)9-6-5(11)3-14-8(13-2)7(6)12/h5-8,11-12H,3H2,1-2H3,(H,9,10)/t5-,6+,7-,8-/m1/s1. The van der Waals surface area contributed by atoms with Crippen LogP contribution in [0.3, 0.4) is 0 Å². The molecule has 1 aliphatic heterocycles. The van der Waals surface area contributed by atoms with E-state index in [2.05, 4.69) is 5.32 Å². The van der Waals surface area contributed by atoms with Crippen LogP contribution in [0.5, 0.6) is 0 Å². The van der Waals surface area contributed by atoms with E-state index in [0.717, 1.165) is 0 Å². The van der Waals surface area contributed by atoms with Crippen LogP contribution in [0.15, 0.2) is 0 Å². The van der Waals surface area contributed by atoms with E-state index in [1.165, 1.54) is 14.0 Å². The number of methoxy groups -OCH3 is 1. The normalized spacial score (nSPS) is 38.0. The summed E-state index contributed by atoms with van der Waals surface area (Å²) in [6.07, 6.45) is -2.79. The third-order valence-electron chi connectivity index (χ3n) is 2.09. The minimum Gasteiger partial charge on any atom is -0.388 e. The Hall–Kier alpha value is -0.690. The fraction of sp³-hybridized carbons (Fsp3) is 0.875. The second-order valence-electron chi connectivity index (χ2n) is 3.22. The summed E-state index contributed by atoms with van der Waals surface area (Å²) in [6, 6.07) is -0.744. The van der Waals surface area contributed by atoms with E-state index in [9.17, 15) is 15.0 Å². The number of amides is 1. The van der Waals surface area contributed by atoms with Gasteiger partial charge in [-0.1, -0.05) is 0 Å². The van der Waals surface area contributed by atoms with Gasteiger partial charge in [-0.2, -0.15) is 0 Å². The molecule has 14 heavy (non-hydrogen) atoms. The van der Waals surface area contributed by atoms with Crippen LogP contribution >= 0.6 is 0 Å². The van der Waals surface area contributed by atoms with E-state index >= 15 is 0 Å². The van der Waals surface area contributed by atoms with Gasteiger partial charge in [-0.15, -0.1) is 0 Å². The lowest BCUT2D eigenvalue weighted by atomic mass is 10.0. The highest BCUT2D eigenvalue weighted by Crippen LogP contribution is 2.15. The van der Waals surface area contributed by atoms with Gasteiger partial charge in [0.15, 0.2) is 6.29 Å². The minimum atomic E-state index is -1.06. The molecular formula is C8H15NO5. The second kappa shape index (κ2) is 4.70. The highest BCUT2D eigenvalue weighted by atomic mass is 16.7. The highest BCUT2D eigenvalue weighted by molar-refractivity contribution is 5.73. The van der Waals surface area contributed by atoms with Crippen molar-refractivity contribution in [2.24, 2.45) is 0 Å². The van der Waals surface area contributed by atoms with Crippen LogP contribution in [0.25, 0.3) is 0 Å². The van der Waals surface area contributed by atoms with Crippen LogP contribution in [0.1, 0.15) is 6.92 Å². The van der Waals surface area contributed by atoms with E-state index in [-0.39, 0.29) is 12.5 Å². The molecule has 4 atom stereocenters. The molecule has 82 valence electrons. The van der Waals surface area contributed by atoms with E-state index in [4.69, 9.17) is 9.47 Å². The quantitative estimate of drug-likeness (QED) is 0.496. The zero-order valence-electron chi connectivity index (χ0n) is 8.14. The van der Waals surface area contributed by atoms with Gasteiger partial charge in [0.05, 0.1) is 12.6 Å². The van der Waals surface area contributed by atoms with Crippen molar-refractivity contribution >= 4 is 5.91 Å². The summed E-state index contributed by atoms with van der Waals surface area (Å²) in [4.78, 5) is 10.8. The lowest BCUT2D eigenvalue weighted by Gasteiger charge is -2.37. The number of carbonyl (C=O) groups is 1. The zero-order valence-corrected chi connectivity index (χ0v) is 8.14. The van der Waals surface area contributed by atoms with Gasteiger partial charge >= 0.3 is 0 Å². The van der Waals surface area contributed by atoms with E-state index < -0.39 is 24.5 Å². The first kappa shape index (κ1) is 11.4. The number of aliphatic hydroxyl groups excluding tert-OH is 2. The van der Waals surface area contributed by atoms with Crippen molar-refractivity contribution in [1.29, 1.82) is 0 Å². The number of ether oxygens (including phenoxy) is 2. The maximum Gasteiger partial charge on any atom is 0.217 e. The molecule has 6 nitrogen and oxygen atoms in total. The van der Waals surface area contributed by atoms with Crippen LogP contribution in [0.4, 0.5) is 0 Å². The van der Waals surface area contributed by atoms with Crippen LogP contribution in [-0.4, -0.2) is 54.4 Å². The third kappa shape index (κ3) is 2.42. The summed E-state index contributed by atoms with van der Waals surface area (Å²) in [7, 11) is 1.39. The lowest BCUT2D eigenvalue weighted by molar-refractivity contribution is -0.235. The number of hydrogen-bond donors (Lipinski definition) is 3. The predicted molar refractivity (Wildman–Crippen MR) is 46.4 cm³/mol. The molecule has 0 bridgehead atoms. The molecule has 0 aromatic heterocycles. The Kier molecular flexibility index (Phi) is 3.82. The molecule has 0 aliphatic carbocycles. The molecular weight excluding hydrogens is 190 g/mol. The number of carbonyl (C=O) groups excluding carboxylic acids is 1. The first-order chi connectivity index (χ1) is 6.56. The Bertz CT molecular complexity index is 210. The Labute approximate surface area is 81.8 Å². The van der Waals surface area contributed by atoms with Crippen molar-refractivity contribution in [2.75, 3.05) is 13.7 Å². The van der Waals surface area contributed by atoms with Crippen LogP contribution in [0, 0.1) is 0 Å². The monoisotopic (exact) mass is 205 g/mol. The molecule has 1 heterocycles. The van der Waals surface area contributed by atoms with Crippen LogP contribution in [-0.2, 0) is 14.3 Å². The smallest absolute Gasteiger partial charge is 0.217 e. The van der Waals surface area contributed by atoms with Crippen LogP contribution in [0.2, 0.25) is 0 Å². The summed E-state index contributed by atoms with van der Waals surface area (Å²) in [5.41, 5.74) is 0. The molecule has 1 saturated heterocycles. The zero-order chi connectivity index (χ0) is 10.7. The minimum absolute atomic E-state index is 0.0283. The SMILES string of the molecule is CO[C@@H]1OC[C@@H](O)[C@H](NC(C)=O)[C@H]1O. The van der Waals surface area contributed by atoms with E-state index in [1.807, 2.05) is 0 Å². The van der Waals surface area contributed by atoms with Crippen molar-refractivity contribution in [2.45, 2.75) is 31.5 Å². The van der Waals surface area contributed by atoms with Crippen molar-refractivity contribution in [3.8, 4) is 0 Å². The van der Waals surface area contributed by atoms with Gasteiger partial charge in [0.2, 0.25) is 5.91 Å². The van der Waals surface area contributed by atoms with Gasteiger partial charge in [-0.3, -0.25) is 4.79 Å². The van der Waals surface area contributed by atoms with Crippen molar-refractivity contribution in [3.05, 3.63) is 0 Å². The molecule has 1 amide bonds. The largest absolute Gasteiger partial charge is 0.388 e. The topological polar surface area (TPSA) is 88.0 Å². The molecule has 6 heteroatoms. The number of hydrogen-bond acceptors (Lipinski definition) is 5. The fourth-order valence-electron chi connectivity index (χ4n) is 1.42. The summed E-state index contributed by atoms with van der Waals surface area (Å²) in [6.45, 7) is 1.34. The van der Waals surface area contributed by atoms with Crippen molar-refractivity contribution in [3.63, 3.8) is 0 Å². The van der Waals surface area contributed by atoms with Crippen LogP contribution < -0.4 is 5.32 Å². The summed E-state index contributed by atoms with van der Waals surface area (Å²) < 4.78 is 9.82. The fourth-order valence-corrected chi connectivity index (χ4v) is 1.42. The molecule has 0 aromatic carbocycles. The molecule has 0 spiro atoms. The molecule has 0 saturated carbocycles. The number of nitrogens with one attached hydrogen (secondary N) is 1. The van der Waals surface area contributed by atoms with Gasteiger partial charge in [-0.05, 0) is 0 Å². The highest BCUT2D eigenvalue weighted by Gasteiger charge is 2.39. The Morgan fingerprint density at radius 1 is 1.57 bits per heavy atom. The molecule has 1 aliphatic rings. The summed E-state index contributed by atoms with van der Waals surface area (Å²) in [5, 5.41) is 21.5. The summed E-state index contributed by atoms with van der Waals surface area (Å²) >= 11 is 0. The summed E-state index contributed by atoms with van der Waals surface area (Å²) in [5.74, 6) is -0.315. The molecule has 0 aromatic rings. The van der Waals surface area contributed by atoms with Gasteiger partial charge in [0.1, 0.15) is 12.2 Å². The lowest BCUT2D eigenvalue weighted by Crippen LogP contribution is -2.60. The molecule has 1 rings (SSSR count). The van der Waals surface area contributed by atoms with E-state index in [1.54, 1.807) is 0 Å².